The Morgan fingerprint density at radius 2 is 2.00 bits per heavy atom. The van der Waals surface area contributed by atoms with Crippen LogP contribution in [0.2, 0.25) is 5.02 Å². The number of aromatic nitrogens is 2. The van der Waals surface area contributed by atoms with Crippen molar-refractivity contribution in [2.75, 3.05) is 11.9 Å². The van der Waals surface area contributed by atoms with Crippen LogP contribution in [0.25, 0.3) is 0 Å². The number of hydrogen-bond donors (Lipinski definition) is 1. The number of nitrogens with zero attached hydrogens (tertiary/aromatic N) is 3. The number of benzene rings is 2. The van der Waals surface area contributed by atoms with Gasteiger partial charge in [0.05, 0.1) is 6.04 Å². The molecule has 0 bridgehead atoms. The highest BCUT2D eigenvalue weighted by molar-refractivity contribution is 7.13. The molecule has 2 aromatic carbocycles. The molecule has 2 heterocycles. The summed E-state index contributed by atoms with van der Waals surface area (Å²) in [6.45, 7) is 0.598. The summed E-state index contributed by atoms with van der Waals surface area (Å²) in [5.74, 6) is -1.04. The number of likely N-dealkylation sites (tertiary alicyclic amines) is 1. The van der Waals surface area contributed by atoms with E-state index in [1.54, 1.807) is 35.2 Å². The molecule has 29 heavy (non-hydrogen) atoms. The number of carbonyl (C=O) groups excluding carboxylic acids is 2. The Morgan fingerprint density at radius 3 is 2.79 bits per heavy atom. The molecule has 0 spiro atoms. The Kier molecular flexibility index (Phi) is 5.55. The largest absolute Gasteiger partial charge is 0.329 e. The van der Waals surface area contributed by atoms with Gasteiger partial charge in [-0.05, 0) is 49.2 Å². The molecule has 1 aliphatic rings. The van der Waals surface area contributed by atoms with Crippen LogP contribution in [0.15, 0.2) is 48.5 Å². The summed E-state index contributed by atoms with van der Waals surface area (Å²) in [7, 11) is 0. The van der Waals surface area contributed by atoms with E-state index in [-0.39, 0.29) is 17.0 Å². The van der Waals surface area contributed by atoms with Gasteiger partial charge in [0.15, 0.2) is 0 Å². The molecule has 3 aromatic rings. The summed E-state index contributed by atoms with van der Waals surface area (Å²) in [5, 5.41) is 12.0. The van der Waals surface area contributed by atoms with Crippen LogP contribution in [0.4, 0.5) is 10.1 Å². The molecular weight excluding hydrogens is 415 g/mol. The van der Waals surface area contributed by atoms with E-state index < -0.39 is 11.7 Å². The second-order valence-electron chi connectivity index (χ2n) is 6.58. The lowest BCUT2D eigenvalue weighted by molar-refractivity contribution is 0.0735. The molecule has 1 N–H and O–H groups in total. The van der Waals surface area contributed by atoms with Crippen LogP contribution in [0.1, 0.15) is 44.1 Å². The fourth-order valence-electron chi connectivity index (χ4n) is 3.27. The first-order valence-electron chi connectivity index (χ1n) is 8.98. The topological polar surface area (TPSA) is 75.2 Å². The Morgan fingerprint density at radius 1 is 1.17 bits per heavy atom. The number of nitrogens with one attached hydrogen (secondary N) is 1. The smallest absolute Gasteiger partial charge is 0.286 e. The fourth-order valence-corrected chi connectivity index (χ4v) is 4.34. The number of halogens is 2. The third kappa shape index (κ3) is 4.28. The molecule has 6 nitrogen and oxygen atoms in total. The average Bonchev–Trinajstić information content (AvgIpc) is 3.37. The van der Waals surface area contributed by atoms with Crippen LogP contribution in [-0.2, 0) is 0 Å². The number of anilines is 1. The summed E-state index contributed by atoms with van der Waals surface area (Å²) in [4.78, 5) is 27.0. The lowest BCUT2D eigenvalue weighted by Crippen LogP contribution is -2.30. The minimum absolute atomic E-state index is 0.129. The third-order valence-corrected chi connectivity index (χ3v) is 5.85. The van der Waals surface area contributed by atoms with Crippen molar-refractivity contribution in [1.29, 1.82) is 0 Å². The van der Waals surface area contributed by atoms with Gasteiger partial charge in [-0.2, -0.15) is 0 Å². The van der Waals surface area contributed by atoms with Crippen molar-refractivity contribution < 1.29 is 14.0 Å². The Balaban J connectivity index is 1.50. The number of carbonyl (C=O) groups is 2. The van der Waals surface area contributed by atoms with Gasteiger partial charge in [-0.15, -0.1) is 10.2 Å². The first-order valence-corrected chi connectivity index (χ1v) is 10.2. The van der Waals surface area contributed by atoms with Crippen molar-refractivity contribution in [3.8, 4) is 0 Å². The predicted octanol–water partition coefficient (Wildman–Crippen LogP) is 4.56. The summed E-state index contributed by atoms with van der Waals surface area (Å²) >= 11 is 7.14. The molecule has 1 atom stereocenters. The average molecular weight is 431 g/mol. The van der Waals surface area contributed by atoms with E-state index in [1.165, 1.54) is 18.2 Å². The Bertz CT molecular complexity index is 1070. The van der Waals surface area contributed by atoms with Crippen molar-refractivity contribution in [2.45, 2.75) is 18.9 Å². The highest BCUT2D eigenvalue weighted by Crippen LogP contribution is 2.35. The molecular formula is C20H16ClFN4O2S. The number of hydrogen-bond acceptors (Lipinski definition) is 5. The first kappa shape index (κ1) is 19.5. The van der Waals surface area contributed by atoms with Crippen LogP contribution in [0.5, 0.6) is 0 Å². The van der Waals surface area contributed by atoms with Crippen molar-refractivity contribution in [1.82, 2.24) is 15.1 Å². The van der Waals surface area contributed by atoms with E-state index in [2.05, 4.69) is 15.5 Å². The van der Waals surface area contributed by atoms with Gasteiger partial charge in [-0.3, -0.25) is 9.59 Å². The summed E-state index contributed by atoms with van der Waals surface area (Å²) in [5.41, 5.74) is 0.850. The van der Waals surface area contributed by atoms with E-state index in [1.807, 2.05) is 0 Å². The van der Waals surface area contributed by atoms with Gasteiger partial charge < -0.3 is 10.2 Å². The lowest BCUT2D eigenvalue weighted by Gasteiger charge is -2.22. The Hall–Kier alpha value is -2.84. The SMILES string of the molecule is O=C(Nc1cccc(F)c1)c1nnc([C@@H]2CCCN2C(=O)c2cccc(Cl)c2)s1. The van der Waals surface area contributed by atoms with Crippen molar-refractivity contribution in [2.24, 2.45) is 0 Å². The molecule has 0 aliphatic carbocycles. The predicted molar refractivity (Wildman–Crippen MR) is 109 cm³/mol. The Labute approximate surface area is 175 Å². The highest BCUT2D eigenvalue weighted by atomic mass is 35.5. The molecule has 148 valence electrons. The van der Waals surface area contributed by atoms with Gasteiger partial charge in [-0.25, -0.2) is 4.39 Å². The molecule has 1 aromatic heterocycles. The zero-order valence-electron chi connectivity index (χ0n) is 15.1. The summed E-state index contributed by atoms with van der Waals surface area (Å²) in [6.07, 6.45) is 1.58. The zero-order chi connectivity index (χ0) is 20.4. The van der Waals surface area contributed by atoms with Gasteiger partial charge in [0.25, 0.3) is 11.8 Å². The van der Waals surface area contributed by atoms with E-state index in [0.717, 1.165) is 24.2 Å². The van der Waals surface area contributed by atoms with E-state index >= 15 is 0 Å². The van der Waals surface area contributed by atoms with Crippen LogP contribution in [0.3, 0.4) is 0 Å². The highest BCUT2D eigenvalue weighted by Gasteiger charge is 2.33. The van der Waals surface area contributed by atoms with Gasteiger partial charge in [0, 0.05) is 22.8 Å². The van der Waals surface area contributed by atoms with Crippen LogP contribution < -0.4 is 5.32 Å². The third-order valence-electron chi connectivity index (χ3n) is 4.59. The minimum Gasteiger partial charge on any atom is -0.329 e. The molecule has 4 rings (SSSR count). The van der Waals surface area contributed by atoms with Crippen molar-refractivity contribution in [3.63, 3.8) is 0 Å². The number of amides is 2. The van der Waals surface area contributed by atoms with E-state index in [4.69, 9.17) is 11.6 Å². The molecule has 1 saturated heterocycles. The van der Waals surface area contributed by atoms with Gasteiger partial charge in [0.1, 0.15) is 10.8 Å². The van der Waals surface area contributed by atoms with Crippen molar-refractivity contribution in [3.05, 3.63) is 74.9 Å². The van der Waals surface area contributed by atoms with Gasteiger partial charge in [-0.1, -0.05) is 35.1 Å². The maximum atomic E-state index is 13.3. The maximum Gasteiger partial charge on any atom is 0.286 e. The van der Waals surface area contributed by atoms with E-state index in [0.29, 0.717) is 27.8 Å². The van der Waals surface area contributed by atoms with Crippen molar-refractivity contribution >= 4 is 40.4 Å². The normalized spacial score (nSPS) is 16.1. The van der Waals surface area contributed by atoms with Crippen LogP contribution in [-0.4, -0.2) is 33.5 Å². The van der Waals surface area contributed by atoms with Crippen LogP contribution >= 0.6 is 22.9 Å². The molecule has 0 radical (unpaired) electrons. The van der Waals surface area contributed by atoms with Gasteiger partial charge >= 0.3 is 0 Å². The monoisotopic (exact) mass is 430 g/mol. The fraction of sp³-hybridized carbons (Fsp3) is 0.200. The lowest BCUT2D eigenvalue weighted by atomic mass is 10.1. The quantitative estimate of drug-likeness (QED) is 0.658. The molecule has 0 saturated carbocycles. The van der Waals surface area contributed by atoms with E-state index in [9.17, 15) is 14.0 Å². The molecule has 0 unspecified atom stereocenters. The second-order valence-corrected chi connectivity index (χ2v) is 8.02. The maximum absolute atomic E-state index is 13.3. The zero-order valence-corrected chi connectivity index (χ0v) is 16.7. The minimum atomic E-state index is -0.468. The standard InChI is InChI=1S/C20H16ClFN4O2S/c21-13-5-1-4-12(10-13)20(28)26-9-3-8-16(26)18-24-25-19(29-18)17(27)23-15-7-2-6-14(22)11-15/h1-2,4-7,10-11,16H,3,8-9H2,(H,23,27)/t16-/m0/s1. The molecule has 2 amide bonds. The number of rotatable bonds is 4. The molecule has 1 aliphatic heterocycles. The second kappa shape index (κ2) is 8.26. The first-order chi connectivity index (χ1) is 14.0. The summed E-state index contributed by atoms with van der Waals surface area (Å²) < 4.78 is 13.3. The molecule has 1 fully saturated rings. The van der Waals surface area contributed by atoms with Crippen LogP contribution in [0, 0.1) is 5.82 Å². The van der Waals surface area contributed by atoms with Gasteiger partial charge in [0.2, 0.25) is 5.01 Å². The molecule has 9 heteroatoms. The summed E-state index contributed by atoms with van der Waals surface area (Å²) in [6, 6.07) is 12.2.